The number of hydrogen-bond donors (Lipinski definition) is 3. The lowest BCUT2D eigenvalue weighted by atomic mass is 10.1. The van der Waals surface area contributed by atoms with Gasteiger partial charge in [0.1, 0.15) is 24.3 Å². The molecule has 0 radical (unpaired) electrons. The van der Waals surface area contributed by atoms with E-state index in [1.807, 2.05) is 42.5 Å². The molecule has 10 nitrogen and oxygen atoms in total. The number of rotatable bonds is 15. The van der Waals surface area contributed by atoms with Crippen LogP contribution >= 0.6 is 0 Å². The highest BCUT2D eigenvalue weighted by Crippen LogP contribution is 2.20. The molecule has 3 N–H and O–H groups in total. The lowest BCUT2D eigenvalue weighted by Crippen LogP contribution is -2.37. The van der Waals surface area contributed by atoms with Crippen LogP contribution in [0.2, 0.25) is 0 Å². The average Bonchev–Trinajstić information content (AvgIpc) is 3.01. The smallest absolute Gasteiger partial charge is 0.326 e. The fourth-order valence-corrected chi connectivity index (χ4v) is 4.97. The summed E-state index contributed by atoms with van der Waals surface area (Å²) in [5.74, 6) is 1.15. The minimum absolute atomic E-state index is 0.408. The molecule has 0 bridgehead atoms. The van der Waals surface area contributed by atoms with Crippen LogP contribution in [0, 0.1) is 0 Å². The lowest BCUT2D eigenvalue weighted by molar-refractivity contribution is -0.138. The molecule has 0 aliphatic carbocycles. The number of hydrogen-bond acceptors (Lipinski definition) is 9. The summed E-state index contributed by atoms with van der Waals surface area (Å²) in [6.07, 6.45) is 8.82. The van der Waals surface area contributed by atoms with Crippen LogP contribution in [-0.2, 0) is 17.6 Å². The summed E-state index contributed by atoms with van der Waals surface area (Å²) in [6.45, 7) is 3.54. The number of pyridine rings is 2. The van der Waals surface area contributed by atoms with E-state index in [4.69, 9.17) is 9.72 Å². The van der Waals surface area contributed by atoms with Crippen LogP contribution in [0.5, 0.6) is 5.88 Å². The number of unbranched alkanes of at least 4 members (excludes halogenated alkanes) is 1. The Hall–Kier alpha value is -4.31. The second-order valence-electron chi connectivity index (χ2n) is 10.2. The zero-order valence-corrected chi connectivity index (χ0v) is 23.2. The van der Waals surface area contributed by atoms with Gasteiger partial charge in [-0.3, -0.25) is 9.88 Å². The molecule has 0 amide bonds. The van der Waals surface area contributed by atoms with Crippen LogP contribution in [0.1, 0.15) is 36.9 Å². The molecule has 1 aliphatic heterocycles. The van der Waals surface area contributed by atoms with Crippen molar-refractivity contribution < 1.29 is 14.6 Å². The Morgan fingerprint density at radius 1 is 1.00 bits per heavy atom. The highest BCUT2D eigenvalue weighted by Gasteiger charge is 2.20. The van der Waals surface area contributed by atoms with E-state index < -0.39 is 12.0 Å². The molecule has 4 heterocycles. The molecule has 214 valence electrons. The molecule has 1 aromatic carbocycles. The summed E-state index contributed by atoms with van der Waals surface area (Å²) in [5, 5.41) is 16.4. The van der Waals surface area contributed by atoms with Crippen molar-refractivity contribution in [1.29, 1.82) is 0 Å². The Morgan fingerprint density at radius 2 is 1.88 bits per heavy atom. The van der Waals surface area contributed by atoms with Crippen molar-refractivity contribution in [2.45, 2.75) is 44.6 Å². The van der Waals surface area contributed by atoms with Gasteiger partial charge in [0, 0.05) is 37.6 Å². The van der Waals surface area contributed by atoms with E-state index in [1.54, 1.807) is 12.4 Å². The number of anilines is 2. The number of aryl methyl sites for hydroxylation is 2. The lowest BCUT2D eigenvalue weighted by Gasteiger charge is -2.24. The number of carbonyl (C=O) groups is 1. The van der Waals surface area contributed by atoms with Gasteiger partial charge in [-0.25, -0.2) is 19.7 Å². The van der Waals surface area contributed by atoms with Gasteiger partial charge in [-0.2, -0.15) is 0 Å². The predicted molar refractivity (Wildman–Crippen MR) is 159 cm³/mol. The quantitative estimate of drug-likeness (QED) is 0.181. The second kappa shape index (κ2) is 14.4. The molecule has 0 spiro atoms. The molecule has 4 aromatic rings. The zero-order chi connectivity index (χ0) is 28.3. The van der Waals surface area contributed by atoms with Crippen molar-refractivity contribution in [3.8, 4) is 5.88 Å². The van der Waals surface area contributed by atoms with Crippen LogP contribution in [-0.4, -0.2) is 74.7 Å². The van der Waals surface area contributed by atoms with Gasteiger partial charge >= 0.3 is 5.97 Å². The van der Waals surface area contributed by atoms with Gasteiger partial charge in [-0.1, -0.05) is 24.3 Å². The molecule has 1 atom stereocenters. The zero-order valence-electron chi connectivity index (χ0n) is 23.2. The average molecular weight is 556 g/mol. The first-order valence-electron chi connectivity index (χ1n) is 14.3. The number of carboxylic acid groups (broad SMARTS) is 1. The standard InChI is InChI=1S/C31H37N7O3/c39-31(40)27(37-28-22-34-25-10-1-2-11-26(25)36-28)15-19-38(20-21-41-29-12-3-5-16-32-29)18-6-4-9-24-14-13-23-8-7-17-33-30(23)35-24/h1-3,5,10-14,16,22,27H,4,6-9,15,17-21H2,(H,33,35)(H,36,37)(H,39,40). The summed E-state index contributed by atoms with van der Waals surface area (Å²) in [4.78, 5) is 32.4. The van der Waals surface area contributed by atoms with Gasteiger partial charge < -0.3 is 20.5 Å². The number of carboxylic acids is 1. The first-order valence-corrected chi connectivity index (χ1v) is 14.3. The number of nitrogens with zero attached hydrogens (tertiary/aromatic N) is 5. The molecule has 1 unspecified atom stereocenters. The Labute approximate surface area is 240 Å². The predicted octanol–water partition coefficient (Wildman–Crippen LogP) is 4.44. The van der Waals surface area contributed by atoms with Crippen molar-refractivity contribution in [2.75, 3.05) is 43.4 Å². The van der Waals surface area contributed by atoms with Crippen LogP contribution < -0.4 is 15.4 Å². The highest BCUT2D eigenvalue weighted by atomic mass is 16.5. The molecule has 0 saturated heterocycles. The first kappa shape index (κ1) is 28.2. The molecule has 0 fully saturated rings. The molecular formula is C31H37N7O3. The fraction of sp³-hybridized carbons (Fsp3) is 0.387. The molecule has 3 aromatic heterocycles. The summed E-state index contributed by atoms with van der Waals surface area (Å²) >= 11 is 0. The Balaban J connectivity index is 1.15. The number of fused-ring (bicyclic) bond motifs is 2. The molecule has 41 heavy (non-hydrogen) atoms. The van der Waals surface area contributed by atoms with Crippen LogP contribution in [0.25, 0.3) is 11.0 Å². The van der Waals surface area contributed by atoms with Crippen molar-refractivity contribution >= 4 is 28.6 Å². The van der Waals surface area contributed by atoms with Gasteiger partial charge in [0.05, 0.1) is 17.2 Å². The molecular weight excluding hydrogens is 518 g/mol. The minimum Gasteiger partial charge on any atom is -0.480 e. The molecule has 0 saturated carbocycles. The molecule has 5 rings (SSSR count). The van der Waals surface area contributed by atoms with Crippen molar-refractivity contribution in [3.63, 3.8) is 0 Å². The number of para-hydroxylation sites is 2. The van der Waals surface area contributed by atoms with Crippen LogP contribution in [0.15, 0.2) is 67.0 Å². The molecule has 1 aliphatic rings. The number of ether oxygens (including phenoxy) is 1. The van der Waals surface area contributed by atoms with E-state index in [-0.39, 0.29) is 0 Å². The summed E-state index contributed by atoms with van der Waals surface area (Å²) in [5.41, 5.74) is 3.90. The summed E-state index contributed by atoms with van der Waals surface area (Å²) in [7, 11) is 0. The number of benzene rings is 1. The van der Waals surface area contributed by atoms with Gasteiger partial charge in [-0.05, 0) is 74.9 Å². The number of aliphatic carboxylic acids is 1. The van der Waals surface area contributed by atoms with Gasteiger partial charge in [-0.15, -0.1) is 0 Å². The van der Waals surface area contributed by atoms with E-state index in [1.165, 1.54) is 5.56 Å². The normalized spacial score (nSPS) is 13.4. The van der Waals surface area contributed by atoms with E-state index >= 15 is 0 Å². The fourth-order valence-electron chi connectivity index (χ4n) is 4.97. The minimum atomic E-state index is -0.920. The van der Waals surface area contributed by atoms with E-state index in [0.29, 0.717) is 37.8 Å². The summed E-state index contributed by atoms with van der Waals surface area (Å²) < 4.78 is 5.84. The SMILES string of the molecule is O=C(O)C(CCN(CCCCc1ccc2c(n1)NCCC2)CCOc1ccccn1)Nc1cnc2ccccc2n1. The monoisotopic (exact) mass is 555 g/mol. The maximum absolute atomic E-state index is 12.1. The summed E-state index contributed by atoms with van der Waals surface area (Å²) in [6, 6.07) is 16.7. The van der Waals surface area contributed by atoms with E-state index in [9.17, 15) is 9.90 Å². The van der Waals surface area contributed by atoms with Crippen molar-refractivity contribution in [2.24, 2.45) is 0 Å². The van der Waals surface area contributed by atoms with Crippen molar-refractivity contribution in [3.05, 3.63) is 78.2 Å². The number of nitrogens with one attached hydrogen (secondary N) is 2. The third-order valence-corrected chi connectivity index (χ3v) is 7.21. The van der Waals surface area contributed by atoms with Gasteiger partial charge in [0.15, 0.2) is 0 Å². The third kappa shape index (κ3) is 8.34. The van der Waals surface area contributed by atoms with Gasteiger partial charge in [0.25, 0.3) is 0 Å². The maximum Gasteiger partial charge on any atom is 0.326 e. The first-order chi connectivity index (χ1) is 20.1. The Morgan fingerprint density at radius 3 is 2.73 bits per heavy atom. The molecule has 10 heteroatoms. The third-order valence-electron chi connectivity index (χ3n) is 7.21. The van der Waals surface area contributed by atoms with Crippen LogP contribution in [0.4, 0.5) is 11.6 Å². The Bertz CT molecular complexity index is 1420. The Kier molecular flexibility index (Phi) is 9.89. The van der Waals surface area contributed by atoms with E-state index in [0.717, 1.165) is 67.7 Å². The van der Waals surface area contributed by atoms with Crippen molar-refractivity contribution in [1.82, 2.24) is 24.8 Å². The largest absolute Gasteiger partial charge is 0.480 e. The van der Waals surface area contributed by atoms with E-state index in [2.05, 4.69) is 42.6 Å². The van der Waals surface area contributed by atoms with Gasteiger partial charge in [0.2, 0.25) is 5.88 Å². The second-order valence-corrected chi connectivity index (χ2v) is 10.2. The maximum atomic E-state index is 12.1. The highest BCUT2D eigenvalue weighted by molar-refractivity contribution is 5.78. The van der Waals surface area contributed by atoms with Crippen LogP contribution in [0.3, 0.4) is 0 Å². The number of aromatic nitrogens is 4. The topological polar surface area (TPSA) is 125 Å².